The molecular formula is C10H6N4O. The van der Waals surface area contributed by atoms with Crippen LogP contribution in [0, 0.1) is 0 Å². The van der Waals surface area contributed by atoms with Crippen molar-refractivity contribution in [2.75, 3.05) is 0 Å². The smallest absolute Gasteiger partial charge is 0.266 e. The Hall–Kier alpha value is -2.30. The van der Waals surface area contributed by atoms with Gasteiger partial charge in [0.2, 0.25) is 11.5 Å². The molecule has 0 bridgehead atoms. The summed E-state index contributed by atoms with van der Waals surface area (Å²) >= 11 is 0. The third-order valence-corrected chi connectivity index (χ3v) is 1.97. The Kier molecular flexibility index (Phi) is 1.68. The topological polar surface area (TPSA) is 64.7 Å². The molecular weight excluding hydrogens is 192 g/mol. The molecule has 0 N–H and O–H groups in total. The zero-order valence-electron chi connectivity index (χ0n) is 7.66. The summed E-state index contributed by atoms with van der Waals surface area (Å²) in [6.07, 6.45) is 6.53. The highest BCUT2D eigenvalue weighted by molar-refractivity contribution is 5.67. The van der Waals surface area contributed by atoms with E-state index >= 15 is 0 Å². The molecule has 0 amide bonds. The van der Waals surface area contributed by atoms with Crippen molar-refractivity contribution in [2.24, 2.45) is 0 Å². The van der Waals surface area contributed by atoms with E-state index in [0.717, 1.165) is 5.56 Å². The highest BCUT2D eigenvalue weighted by Crippen LogP contribution is 2.20. The number of fused-ring (bicyclic) bond motifs is 1. The maximum absolute atomic E-state index is 5.44. The quantitative estimate of drug-likeness (QED) is 0.595. The first-order valence-electron chi connectivity index (χ1n) is 4.41. The van der Waals surface area contributed by atoms with Gasteiger partial charge in [0.1, 0.15) is 0 Å². The summed E-state index contributed by atoms with van der Waals surface area (Å²) in [7, 11) is 0. The lowest BCUT2D eigenvalue weighted by Gasteiger charge is -1.90. The van der Waals surface area contributed by atoms with Crippen LogP contribution in [0.3, 0.4) is 0 Å². The van der Waals surface area contributed by atoms with Gasteiger partial charge in [-0.25, -0.2) is 9.97 Å². The Balaban J connectivity index is 2.21. The lowest BCUT2D eigenvalue weighted by atomic mass is 10.3. The maximum atomic E-state index is 5.44. The number of hydrogen-bond acceptors (Lipinski definition) is 5. The molecule has 0 saturated carbocycles. The molecule has 3 heterocycles. The minimum atomic E-state index is 0.448. The highest BCUT2D eigenvalue weighted by Gasteiger charge is 2.08. The fourth-order valence-electron chi connectivity index (χ4n) is 1.30. The SMILES string of the molecule is c1cc(-c2nc3nccnc3o2)ccn1. The minimum Gasteiger partial charge on any atom is -0.416 e. The maximum Gasteiger partial charge on any atom is 0.266 e. The van der Waals surface area contributed by atoms with Gasteiger partial charge in [-0.1, -0.05) is 0 Å². The molecule has 0 radical (unpaired) electrons. The Morgan fingerprint density at radius 2 is 1.73 bits per heavy atom. The molecule has 15 heavy (non-hydrogen) atoms. The van der Waals surface area contributed by atoms with Crippen LogP contribution in [0.2, 0.25) is 0 Å². The van der Waals surface area contributed by atoms with Crippen molar-refractivity contribution in [3.05, 3.63) is 36.9 Å². The first-order chi connectivity index (χ1) is 7.43. The second kappa shape index (κ2) is 3.13. The molecule has 3 aromatic rings. The van der Waals surface area contributed by atoms with E-state index in [1.54, 1.807) is 24.8 Å². The van der Waals surface area contributed by atoms with Gasteiger partial charge >= 0.3 is 0 Å². The van der Waals surface area contributed by atoms with E-state index < -0.39 is 0 Å². The second-order valence-electron chi connectivity index (χ2n) is 2.94. The molecule has 0 aliphatic carbocycles. The van der Waals surface area contributed by atoms with E-state index in [0.29, 0.717) is 17.3 Å². The highest BCUT2D eigenvalue weighted by atomic mass is 16.4. The molecule has 0 aliphatic rings. The Bertz CT molecular complexity index is 557. The summed E-state index contributed by atoms with van der Waals surface area (Å²) in [6, 6.07) is 3.65. The van der Waals surface area contributed by atoms with Crippen molar-refractivity contribution < 1.29 is 4.42 Å². The van der Waals surface area contributed by atoms with Crippen LogP contribution in [0.15, 0.2) is 41.3 Å². The van der Waals surface area contributed by atoms with Gasteiger partial charge in [0.15, 0.2) is 0 Å². The number of pyridine rings is 1. The summed E-state index contributed by atoms with van der Waals surface area (Å²) < 4.78 is 5.44. The van der Waals surface area contributed by atoms with Crippen LogP contribution < -0.4 is 0 Å². The van der Waals surface area contributed by atoms with Crippen LogP contribution >= 0.6 is 0 Å². The van der Waals surface area contributed by atoms with Crippen molar-refractivity contribution in [1.82, 2.24) is 19.9 Å². The zero-order chi connectivity index (χ0) is 10.1. The molecule has 5 nitrogen and oxygen atoms in total. The summed E-state index contributed by atoms with van der Waals surface area (Å²) in [5, 5.41) is 0. The first-order valence-corrected chi connectivity index (χ1v) is 4.41. The fraction of sp³-hybridized carbons (Fsp3) is 0. The molecule has 3 aromatic heterocycles. The van der Waals surface area contributed by atoms with Gasteiger partial charge in [0.25, 0.3) is 5.71 Å². The van der Waals surface area contributed by atoms with Crippen LogP contribution in [0.1, 0.15) is 0 Å². The van der Waals surface area contributed by atoms with Crippen LogP contribution in [0.4, 0.5) is 0 Å². The van der Waals surface area contributed by atoms with Crippen LogP contribution in [0.5, 0.6) is 0 Å². The van der Waals surface area contributed by atoms with E-state index in [9.17, 15) is 0 Å². The largest absolute Gasteiger partial charge is 0.416 e. The predicted molar refractivity (Wildman–Crippen MR) is 52.8 cm³/mol. The lowest BCUT2D eigenvalue weighted by molar-refractivity contribution is 0.607. The molecule has 0 fully saturated rings. The summed E-state index contributed by atoms with van der Waals surface area (Å²) in [5.74, 6) is 0.513. The number of oxazole rings is 1. The molecule has 0 aliphatic heterocycles. The first kappa shape index (κ1) is 8.05. The van der Waals surface area contributed by atoms with Crippen molar-refractivity contribution in [1.29, 1.82) is 0 Å². The fourth-order valence-corrected chi connectivity index (χ4v) is 1.30. The molecule has 0 spiro atoms. The summed E-state index contributed by atoms with van der Waals surface area (Å²) in [4.78, 5) is 16.2. The predicted octanol–water partition coefficient (Wildman–Crippen LogP) is 1.68. The Morgan fingerprint density at radius 1 is 0.933 bits per heavy atom. The van der Waals surface area contributed by atoms with Crippen molar-refractivity contribution in [3.63, 3.8) is 0 Å². The van der Waals surface area contributed by atoms with Crippen molar-refractivity contribution >= 4 is 11.4 Å². The second-order valence-corrected chi connectivity index (χ2v) is 2.94. The molecule has 0 aromatic carbocycles. The molecule has 0 unspecified atom stereocenters. The van der Waals surface area contributed by atoms with Crippen LogP contribution in [-0.2, 0) is 0 Å². The number of hydrogen-bond donors (Lipinski definition) is 0. The van der Waals surface area contributed by atoms with E-state index in [1.165, 1.54) is 0 Å². The van der Waals surface area contributed by atoms with E-state index in [2.05, 4.69) is 19.9 Å². The normalized spacial score (nSPS) is 10.7. The van der Waals surface area contributed by atoms with Crippen molar-refractivity contribution in [3.8, 4) is 11.5 Å². The van der Waals surface area contributed by atoms with Crippen molar-refractivity contribution in [2.45, 2.75) is 0 Å². The number of rotatable bonds is 1. The van der Waals surface area contributed by atoms with Gasteiger partial charge in [-0.05, 0) is 12.1 Å². The third-order valence-electron chi connectivity index (χ3n) is 1.97. The van der Waals surface area contributed by atoms with Gasteiger partial charge in [-0.2, -0.15) is 4.98 Å². The van der Waals surface area contributed by atoms with E-state index in [-0.39, 0.29) is 0 Å². The van der Waals surface area contributed by atoms with Gasteiger partial charge < -0.3 is 4.42 Å². The molecule has 0 saturated heterocycles. The van der Waals surface area contributed by atoms with Gasteiger partial charge in [-0.15, -0.1) is 0 Å². The van der Waals surface area contributed by atoms with Gasteiger partial charge in [0, 0.05) is 30.4 Å². The van der Waals surface area contributed by atoms with Gasteiger partial charge in [-0.3, -0.25) is 4.98 Å². The third kappa shape index (κ3) is 1.34. The van der Waals surface area contributed by atoms with E-state index in [1.807, 2.05) is 12.1 Å². The average Bonchev–Trinajstić information content (AvgIpc) is 2.74. The Labute approximate surface area is 84.8 Å². The number of aromatic nitrogens is 4. The Morgan fingerprint density at radius 3 is 2.53 bits per heavy atom. The minimum absolute atomic E-state index is 0.448. The average molecular weight is 198 g/mol. The monoisotopic (exact) mass is 198 g/mol. The van der Waals surface area contributed by atoms with Crippen LogP contribution in [0.25, 0.3) is 22.8 Å². The molecule has 5 heteroatoms. The van der Waals surface area contributed by atoms with Crippen LogP contribution in [-0.4, -0.2) is 19.9 Å². The molecule has 72 valence electrons. The van der Waals surface area contributed by atoms with Gasteiger partial charge in [0.05, 0.1) is 0 Å². The summed E-state index contributed by atoms with van der Waals surface area (Å²) in [6.45, 7) is 0. The summed E-state index contributed by atoms with van der Waals surface area (Å²) in [5.41, 5.74) is 1.83. The zero-order valence-corrected chi connectivity index (χ0v) is 7.66. The molecule has 3 rings (SSSR count). The number of nitrogens with zero attached hydrogens (tertiary/aromatic N) is 4. The molecule has 0 atom stereocenters. The van der Waals surface area contributed by atoms with E-state index in [4.69, 9.17) is 4.42 Å². The standard InChI is InChI=1S/C10H6N4O/c1-3-11-4-2-7(1)9-14-8-10(15-9)13-6-5-12-8/h1-6H. The lowest BCUT2D eigenvalue weighted by Crippen LogP contribution is -1.78.